The van der Waals surface area contributed by atoms with E-state index in [1.165, 1.54) is 43.4 Å². The highest BCUT2D eigenvalue weighted by Gasteiger charge is 2.64. The molecule has 2 N–H and O–H groups in total. The molecule has 0 heterocycles. The summed E-state index contributed by atoms with van der Waals surface area (Å²) in [5.74, 6) is -1.76. The van der Waals surface area contributed by atoms with Gasteiger partial charge in [-0.2, -0.15) is 13.2 Å². The molecule has 1 rings (SSSR count). The Morgan fingerprint density at radius 3 is 2.17 bits per heavy atom. The summed E-state index contributed by atoms with van der Waals surface area (Å²) in [7, 11) is 0. The molecule has 1 atom stereocenters. The molecule has 0 aliphatic rings. The van der Waals surface area contributed by atoms with Crippen molar-refractivity contribution >= 4 is 29.3 Å². The number of alkyl halides is 3. The van der Waals surface area contributed by atoms with Crippen molar-refractivity contribution in [1.82, 2.24) is 5.32 Å². The summed E-state index contributed by atoms with van der Waals surface area (Å²) in [5, 5.41) is 4.05. The smallest absolute Gasteiger partial charge is 0.448 e. The van der Waals surface area contributed by atoms with Crippen LogP contribution in [-0.2, 0) is 14.3 Å². The number of halogens is 4. The molecule has 0 spiro atoms. The van der Waals surface area contributed by atoms with Crippen molar-refractivity contribution in [1.29, 1.82) is 0 Å². The Balaban J connectivity index is 3.04. The van der Waals surface area contributed by atoms with E-state index in [-0.39, 0.29) is 12.3 Å². The standard InChI is InChI=1S/C14H16ClF3N2O4/c1-3-23-11(21)13(24-4-2,14(16,17)18)20-12(22)19-10-7-5-9(15)6-8-10/h5-8H,3-4H2,1-2H3,(H2,19,20,22)/t13-/m0/s1. The lowest BCUT2D eigenvalue weighted by Crippen LogP contribution is -2.67. The molecular weight excluding hydrogens is 353 g/mol. The molecule has 24 heavy (non-hydrogen) atoms. The lowest BCUT2D eigenvalue weighted by Gasteiger charge is -2.33. The van der Waals surface area contributed by atoms with E-state index in [9.17, 15) is 22.8 Å². The van der Waals surface area contributed by atoms with Crippen LogP contribution in [0.15, 0.2) is 24.3 Å². The molecule has 0 aliphatic heterocycles. The molecule has 0 aromatic heterocycles. The van der Waals surface area contributed by atoms with Crippen LogP contribution < -0.4 is 10.6 Å². The third-order valence-corrected chi connectivity index (χ3v) is 2.97. The zero-order chi connectivity index (χ0) is 18.4. The number of hydrogen-bond donors (Lipinski definition) is 2. The molecule has 0 saturated heterocycles. The van der Waals surface area contributed by atoms with Gasteiger partial charge in [-0.3, -0.25) is 5.32 Å². The van der Waals surface area contributed by atoms with E-state index in [0.29, 0.717) is 5.02 Å². The topological polar surface area (TPSA) is 76.7 Å². The van der Waals surface area contributed by atoms with Gasteiger partial charge in [0.2, 0.25) is 0 Å². The summed E-state index contributed by atoms with van der Waals surface area (Å²) < 4.78 is 49.2. The van der Waals surface area contributed by atoms with E-state index in [0.717, 1.165) is 0 Å². The SMILES string of the molecule is CCOC(=O)[C@](NC(=O)Nc1ccc(Cl)cc1)(OCC)C(F)(F)F. The predicted octanol–water partition coefficient (Wildman–Crippen LogP) is 3.32. The Labute approximate surface area is 141 Å². The largest absolute Gasteiger partial charge is 0.462 e. The average Bonchev–Trinajstić information content (AvgIpc) is 2.48. The summed E-state index contributed by atoms with van der Waals surface area (Å²) in [6.45, 7) is 1.78. The highest BCUT2D eigenvalue weighted by atomic mass is 35.5. The van der Waals surface area contributed by atoms with Crippen LogP contribution in [0.25, 0.3) is 0 Å². The number of hydrogen-bond acceptors (Lipinski definition) is 4. The third-order valence-electron chi connectivity index (χ3n) is 2.71. The van der Waals surface area contributed by atoms with E-state index in [1.807, 2.05) is 0 Å². The molecule has 2 amide bonds. The number of benzene rings is 1. The van der Waals surface area contributed by atoms with Crippen molar-refractivity contribution < 1.29 is 32.2 Å². The number of ether oxygens (including phenoxy) is 2. The summed E-state index contributed by atoms with van der Waals surface area (Å²) in [4.78, 5) is 23.7. The number of carbonyl (C=O) groups is 2. The minimum atomic E-state index is -5.23. The first-order valence-corrected chi connectivity index (χ1v) is 7.26. The molecule has 0 aliphatic carbocycles. The van der Waals surface area contributed by atoms with E-state index in [2.05, 4.69) is 14.8 Å². The van der Waals surface area contributed by atoms with Crippen LogP contribution in [-0.4, -0.2) is 37.1 Å². The Hall–Kier alpha value is -2.00. The summed E-state index contributed by atoms with van der Waals surface area (Å²) >= 11 is 5.67. The molecule has 134 valence electrons. The van der Waals surface area contributed by atoms with Gasteiger partial charge in [0.25, 0.3) is 0 Å². The Morgan fingerprint density at radius 1 is 1.12 bits per heavy atom. The maximum atomic E-state index is 13.4. The number of rotatable bonds is 6. The fourth-order valence-corrected chi connectivity index (χ4v) is 1.85. The molecule has 0 fully saturated rings. The van der Waals surface area contributed by atoms with Gasteiger partial charge in [0.1, 0.15) is 0 Å². The molecule has 0 unspecified atom stereocenters. The van der Waals surface area contributed by atoms with E-state index >= 15 is 0 Å². The van der Waals surface area contributed by atoms with Gasteiger partial charge in [0.15, 0.2) is 0 Å². The van der Waals surface area contributed by atoms with Crippen LogP contribution in [0.2, 0.25) is 5.02 Å². The molecule has 0 radical (unpaired) electrons. The monoisotopic (exact) mass is 368 g/mol. The third kappa shape index (κ3) is 4.75. The zero-order valence-corrected chi connectivity index (χ0v) is 13.6. The molecule has 1 aromatic rings. The molecule has 1 aromatic carbocycles. The van der Waals surface area contributed by atoms with Gasteiger partial charge >= 0.3 is 23.9 Å². The van der Waals surface area contributed by atoms with Crippen LogP contribution in [0.4, 0.5) is 23.7 Å². The Morgan fingerprint density at radius 2 is 1.71 bits per heavy atom. The Kier molecular flexibility index (Phi) is 6.85. The van der Waals surface area contributed by atoms with Crippen molar-refractivity contribution in [3.63, 3.8) is 0 Å². The van der Waals surface area contributed by atoms with Crippen molar-refractivity contribution in [2.24, 2.45) is 0 Å². The average molecular weight is 369 g/mol. The highest BCUT2D eigenvalue weighted by Crippen LogP contribution is 2.33. The van der Waals surface area contributed by atoms with Gasteiger partial charge in [-0.15, -0.1) is 0 Å². The molecule has 0 saturated carbocycles. The number of anilines is 1. The van der Waals surface area contributed by atoms with E-state index in [4.69, 9.17) is 11.6 Å². The summed E-state index contributed by atoms with van der Waals surface area (Å²) in [6, 6.07) is 4.32. The van der Waals surface area contributed by atoms with E-state index < -0.39 is 30.5 Å². The molecule has 0 bridgehead atoms. The second kappa shape index (κ2) is 8.20. The highest BCUT2D eigenvalue weighted by molar-refractivity contribution is 6.30. The van der Waals surface area contributed by atoms with Crippen LogP contribution in [0.5, 0.6) is 0 Å². The Bertz CT molecular complexity index is 580. The number of esters is 1. The quantitative estimate of drug-likeness (QED) is 0.596. The maximum absolute atomic E-state index is 13.4. The number of amides is 2. The second-order valence-electron chi connectivity index (χ2n) is 4.42. The lowest BCUT2D eigenvalue weighted by molar-refractivity contribution is -0.282. The van der Waals surface area contributed by atoms with Crippen LogP contribution in [0, 0.1) is 0 Å². The minimum Gasteiger partial charge on any atom is -0.462 e. The van der Waals surface area contributed by atoms with Gasteiger partial charge in [-0.25, -0.2) is 9.59 Å². The fraction of sp³-hybridized carbons (Fsp3) is 0.429. The number of carbonyl (C=O) groups excluding carboxylic acids is 2. The van der Waals surface area contributed by atoms with Crippen molar-refractivity contribution in [3.8, 4) is 0 Å². The van der Waals surface area contributed by atoms with Crippen LogP contribution in [0.1, 0.15) is 13.8 Å². The van der Waals surface area contributed by atoms with Crippen molar-refractivity contribution in [2.75, 3.05) is 18.5 Å². The van der Waals surface area contributed by atoms with Crippen LogP contribution in [0.3, 0.4) is 0 Å². The molecular formula is C14H16ClF3N2O4. The summed E-state index contributed by atoms with van der Waals surface area (Å²) in [6.07, 6.45) is -5.23. The van der Waals surface area contributed by atoms with Gasteiger partial charge in [-0.05, 0) is 38.1 Å². The fourth-order valence-electron chi connectivity index (χ4n) is 1.72. The van der Waals surface area contributed by atoms with Crippen molar-refractivity contribution in [3.05, 3.63) is 29.3 Å². The van der Waals surface area contributed by atoms with Gasteiger partial charge in [0.05, 0.1) is 6.61 Å². The van der Waals surface area contributed by atoms with E-state index in [1.54, 1.807) is 0 Å². The van der Waals surface area contributed by atoms with Crippen molar-refractivity contribution in [2.45, 2.75) is 25.7 Å². The number of nitrogens with one attached hydrogen (secondary N) is 2. The van der Waals surface area contributed by atoms with Crippen LogP contribution >= 0.6 is 11.6 Å². The molecule has 6 nitrogen and oxygen atoms in total. The van der Waals surface area contributed by atoms with Gasteiger partial charge in [0, 0.05) is 17.3 Å². The first-order chi connectivity index (χ1) is 11.2. The first-order valence-electron chi connectivity index (χ1n) is 6.89. The lowest BCUT2D eigenvalue weighted by atomic mass is 10.2. The summed E-state index contributed by atoms with van der Waals surface area (Å²) in [5.41, 5.74) is -3.43. The number of urea groups is 1. The normalized spacial score (nSPS) is 13.8. The maximum Gasteiger partial charge on any atom is 0.448 e. The molecule has 10 heteroatoms. The minimum absolute atomic E-state index is 0.174. The predicted molar refractivity (Wildman–Crippen MR) is 80.7 cm³/mol. The zero-order valence-electron chi connectivity index (χ0n) is 12.9. The second-order valence-corrected chi connectivity index (χ2v) is 4.85. The first kappa shape index (κ1) is 20.0. The van der Waals surface area contributed by atoms with Gasteiger partial charge < -0.3 is 14.8 Å². The van der Waals surface area contributed by atoms with Gasteiger partial charge in [-0.1, -0.05) is 11.6 Å².